The normalized spacial score (nSPS) is 16.9. The Morgan fingerprint density at radius 1 is 1.08 bits per heavy atom. The van der Waals surface area contributed by atoms with Gasteiger partial charge in [-0.3, -0.25) is 9.78 Å². The lowest BCUT2D eigenvalue weighted by molar-refractivity contribution is -0.119. The Hall–Kier alpha value is -3.72. The first kappa shape index (κ1) is 25.9. The average Bonchev–Trinajstić information content (AvgIpc) is 3.52. The Morgan fingerprint density at radius 2 is 1.89 bits per heavy atom. The van der Waals surface area contributed by atoms with E-state index in [9.17, 15) is 4.79 Å². The highest BCUT2D eigenvalue weighted by atomic mass is 35.5. The zero-order valence-corrected chi connectivity index (χ0v) is 22.9. The molecule has 1 amide bonds. The molecule has 4 aromatic rings. The summed E-state index contributed by atoms with van der Waals surface area (Å²) in [4.78, 5) is 18.8. The lowest BCUT2D eigenvalue weighted by Crippen LogP contribution is -2.30. The zero-order chi connectivity index (χ0) is 26.8. The second-order valence-corrected chi connectivity index (χ2v) is 10.0. The molecule has 0 spiro atoms. The summed E-state index contributed by atoms with van der Waals surface area (Å²) < 4.78 is 7.10. The molecule has 3 heterocycles. The summed E-state index contributed by atoms with van der Waals surface area (Å²) in [6.07, 6.45) is 3.85. The number of halogens is 1. The molecule has 0 radical (unpaired) electrons. The summed E-state index contributed by atoms with van der Waals surface area (Å²) in [7, 11) is 1.47. The topological polar surface area (TPSA) is 71.4 Å². The smallest absolute Gasteiger partial charge is 0.250 e. The van der Waals surface area contributed by atoms with Crippen molar-refractivity contribution in [2.24, 2.45) is 0 Å². The lowest BCUT2D eigenvalue weighted by Gasteiger charge is -2.29. The summed E-state index contributed by atoms with van der Waals surface area (Å²) in [6.45, 7) is 4.17. The number of methoxy groups -OCH3 is 1. The van der Waals surface area contributed by atoms with Crippen LogP contribution >= 0.6 is 23.8 Å². The molecule has 5 rings (SSSR count). The van der Waals surface area contributed by atoms with Crippen LogP contribution in [0.3, 0.4) is 0 Å². The summed E-state index contributed by atoms with van der Waals surface area (Å²) in [6, 6.07) is 21.5. The number of carbonyl (C=O) groups excluding carboxylic acids is 1. The maximum Gasteiger partial charge on any atom is 0.250 e. The second kappa shape index (κ2) is 10.9. The van der Waals surface area contributed by atoms with Crippen molar-refractivity contribution in [1.29, 1.82) is 0 Å². The van der Waals surface area contributed by atoms with Gasteiger partial charge >= 0.3 is 0 Å². The molecule has 0 aliphatic carbocycles. The van der Waals surface area contributed by atoms with E-state index in [4.69, 9.17) is 28.6 Å². The number of hydrogen-bond acceptors (Lipinski definition) is 4. The van der Waals surface area contributed by atoms with Gasteiger partial charge in [0.25, 0.3) is 0 Å². The average molecular weight is 546 g/mol. The van der Waals surface area contributed by atoms with E-state index in [2.05, 4.69) is 69.4 Å². The number of ether oxygens (including phenoxy) is 1. The number of thiocarbonyl (C=S) groups is 1. The summed E-state index contributed by atoms with van der Waals surface area (Å²) in [5.74, 6) is -0.278. The SMILES string of the molecule is COCC(=O)Nc1ccc(N2C(=S)N[C@@H](c3ccccn3)[C@H]2c2cccn2-c2ccc(C)c(C)c2)cc1Cl. The first-order valence-electron chi connectivity index (χ1n) is 12.2. The number of nitrogens with one attached hydrogen (secondary N) is 2. The van der Waals surface area contributed by atoms with Gasteiger partial charge in [-0.2, -0.15) is 0 Å². The minimum absolute atomic E-state index is 0.0541. The number of aromatic nitrogens is 2. The number of aryl methyl sites for hydroxylation is 2. The molecule has 9 heteroatoms. The van der Waals surface area contributed by atoms with Crippen molar-refractivity contribution >= 4 is 46.2 Å². The van der Waals surface area contributed by atoms with Crippen LogP contribution in [0.1, 0.15) is 34.6 Å². The number of nitrogens with zero attached hydrogens (tertiary/aromatic N) is 3. The lowest BCUT2D eigenvalue weighted by atomic mass is 10.0. The van der Waals surface area contributed by atoms with E-state index in [1.54, 1.807) is 12.3 Å². The third-order valence-electron chi connectivity index (χ3n) is 6.73. The Balaban J connectivity index is 1.59. The van der Waals surface area contributed by atoms with E-state index in [0.717, 1.165) is 22.8 Å². The van der Waals surface area contributed by atoms with Crippen LogP contribution in [0, 0.1) is 13.8 Å². The van der Waals surface area contributed by atoms with Gasteiger partial charge in [0.15, 0.2) is 5.11 Å². The van der Waals surface area contributed by atoms with E-state index in [0.29, 0.717) is 15.8 Å². The number of pyridine rings is 1. The molecule has 1 aliphatic heterocycles. The zero-order valence-electron chi connectivity index (χ0n) is 21.3. The molecule has 2 aromatic carbocycles. The van der Waals surface area contributed by atoms with Gasteiger partial charge < -0.3 is 24.8 Å². The van der Waals surface area contributed by atoms with E-state index < -0.39 is 0 Å². The maximum atomic E-state index is 12.0. The molecule has 38 heavy (non-hydrogen) atoms. The Labute approximate surface area is 232 Å². The molecule has 194 valence electrons. The highest BCUT2D eigenvalue weighted by Gasteiger charge is 2.42. The van der Waals surface area contributed by atoms with Crippen molar-refractivity contribution < 1.29 is 9.53 Å². The van der Waals surface area contributed by atoms with Crippen LogP contribution in [0.2, 0.25) is 5.02 Å². The fourth-order valence-electron chi connectivity index (χ4n) is 4.75. The maximum absolute atomic E-state index is 12.0. The number of anilines is 2. The first-order valence-corrected chi connectivity index (χ1v) is 13.0. The van der Waals surface area contributed by atoms with Crippen molar-refractivity contribution in [3.63, 3.8) is 0 Å². The first-order chi connectivity index (χ1) is 18.4. The van der Waals surface area contributed by atoms with Crippen molar-refractivity contribution in [2.75, 3.05) is 23.9 Å². The van der Waals surface area contributed by atoms with E-state index >= 15 is 0 Å². The Bertz CT molecular complexity index is 1490. The molecular formula is C29H28ClN5O2S. The number of carbonyl (C=O) groups is 1. The number of rotatable bonds is 7. The second-order valence-electron chi connectivity index (χ2n) is 9.21. The molecule has 1 aliphatic rings. The van der Waals surface area contributed by atoms with Gasteiger partial charge in [-0.15, -0.1) is 0 Å². The van der Waals surface area contributed by atoms with E-state index in [1.165, 1.54) is 18.2 Å². The van der Waals surface area contributed by atoms with Crippen LogP contribution in [0.5, 0.6) is 0 Å². The van der Waals surface area contributed by atoms with Crippen LogP contribution in [-0.2, 0) is 9.53 Å². The fourth-order valence-corrected chi connectivity index (χ4v) is 5.32. The van der Waals surface area contributed by atoms with Crippen molar-refractivity contribution in [2.45, 2.75) is 25.9 Å². The molecule has 0 saturated carbocycles. The third-order valence-corrected chi connectivity index (χ3v) is 7.36. The number of amides is 1. The van der Waals surface area contributed by atoms with Crippen LogP contribution in [-0.4, -0.2) is 34.3 Å². The fraction of sp³-hybridized carbons (Fsp3) is 0.207. The molecule has 1 fully saturated rings. The summed E-state index contributed by atoms with van der Waals surface area (Å²) in [5.41, 5.74) is 6.76. The molecule has 2 N–H and O–H groups in total. The van der Waals surface area contributed by atoms with Crippen molar-refractivity contribution in [3.05, 3.63) is 107 Å². The van der Waals surface area contributed by atoms with Gasteiger partial charge in [0, 0.05) is 36.6 Å². The van der Waals surface area contributed by atoms with Crippen LogP contribution in [0.15, 0.2) is 79.1 Å². The van der Waals surface area contributed by atoms with Crippen molar-refractivity contribution in [3.8, 4) is 5.69 Å². The largest absolute Gasteiger partial charge is 0.375 e. The standard InChI is InChI=1S/C29H28ClN5O2S/c1-18-9-10-20(15-19(18)2)34-14-6-8-25(34)28-27(24-7-4-5-13-31-24)33-29(38)35(28)21-11-12-23(22(30)16-21)32-26(36)17-37-3/h4-16,27-28H,17H2,1-3H3,(H,32,36)(H,33,38)/t27-,28+/m0/s1. The molecule has 1 saturated heterocycles. The monoisotopic (exact) mass is 545 g/mol. The summed E-state index contributed by atoms with van der Waals surface area (Å²) in [5, 5.41) is 7.23. The minimum atomic E-state index is -0.278. The molecule has 7 nitrogen and oxygen atoms in total. The molecule has 0 bridgehead atoms. The highest BCUT2D eigenvalue weighted by Crippen LogP contribution is 2.43. The van der Waals surface area contributed by atoms with Gasteiger partial charge in [-0.05, 0) is 91.8 Å². The van der Waals surface area contributed by atoms with Crippen LogP contribution in [0.4, 0.5) is 11.4 Å². The van der Waals surface area contributed by atoms with Crippen LogP contribution < -0.4 is 15.5 Å². The quantitative estimate of drug-likeness (QED) is 0.282. The van der Waals surface area contributed by atoms with E-state index in [1.807, 2.05) is 36.4 Å². The molecular weight excluding hydrogens is 518 g/mol. The van der Waals surface area contributed by atoms with Crippen molar-refractivity contribution in [1.82, 2.24) is 14.9 Å². The molecule has 2 atom stereocenters. The third kappa shape index (κ3) is 5.03. The molecule has 0 unspecified atom stereocenters. The number of hydrogen-bond donors (Lipinski definition) is 2. The Morgan fingerprint density at radius 3 is 2.61 bits per heavy atom. The van der Waals surface area contributed by atoms with Gasteiger partial charge in [0.2, 0.25) is 5.91 Å². The highest BCUT2D eigenvalue weighted by molar-refractivity contribution is 7.80. The minimum Gasteiger partial charge on any atom is -0.375 e. The van der Waals surface area contributed by atoms with Gasteiger partial charge in [-0.25, -0.2) is 0 Å². The predicted octanol–water partition coefficient (Wildman–Crippen LogP) is 5.90. The van der Waals surface area contributed by atoms with E-state index in [-0.39, 0.29) is 24.6 Å². The summed E-state index contributed by atoms with van der Waals surface area (Å²) >= 11 is 12.5. The van der Waals surface area contributed by atoms with Gasteiger partial charge in [0.05, 0.1) is 22.4 Å². The Kier molecular flexibility index (Phi) is 7.46. The van der Waals surface area contributed by atoms with Gasteiger partial charge in [-0.1, -0.05) is 23.7 Å². The predicted molar refractivity (Wildman–Crippen MR) is 155 cm³/mol. The molecule has 2 aromatic heterocycles. The van der Waals surface area contributed by atoms with Gasteiger partial charge in [0.1, 0.15) is 12.6 Å². The van der Waals surface area contributed by atoms with Crippen LogP contribution in [0.25, 0.3) is 5.69 Å². The number of benzene rings is 2.